The lowest BCUT2D eigenvalue weighted by atomic mass is 10.1. The summed E-state index contributed by atoms with van der Waals surface area (Å²) in [6.07, 6.45) is 1.91. The zero-order chi connectivity index (χ0) is 11.3. The highest BCUT2D eigenvalue weighted by Gasteiger charge is 2.28. The van der Waals surface area contributed by atoms with Gasteiger partial charge >= 0.3 is 11.3 Å². The number of H-pyrrole nitrogens is 2. The van der Waals surface area contributed by atoms with E-state index >= 15 is 0 Å². The number of nitrogens with one attached hydrogen (secondary N) is 2. The van der Waals surface area contributed by atoms with Gasteiger partial charge in [-0.25, -0.2) is 9.59 Å². The smallest absolute Gasteiger partial charge is 0.337 e. The van der Waals surface area contributed by atoms with E-state index in [4.69, 9.17) is 4.42 Å². The minimum absolute atomic E-state index is 0.0387. The molecule has 6 heteroatoms. The van der Waals surface area contributed by atoms with Gasteiger partial charge in [0.15, 0.2) is 0 Å². The summed E-state index contributed by atoms with van der Waals surface area (Å²) in [5, 5.41) is 0.279. The van der Waals surface area contributed by atoms with E-state index in [2.05, 4.69) is 9.97 Å². The normalized spacial score (nSPS) is 15.5. The Hall–Kier alpha value is -2.11. The molecule has 1 aliphatic rings. The van der Waals surface area contributed by atoms with Crippen LogP contribution in [-0.2, 0) is 0 Å². The number of aromatic nitrogens is 2. The van der Waals surface area contributed by atoms with Crippen LogP contribution in [0.5, 0.6) is 0 Å². The van der Waals surface area contributed by atoms with Crippen molar-refractivity contribution in [3.63, 3.8) is 0 Å². The summed E-state index contributed by atoms with van der Waals surface area (Å²) in [7, 11) is 0. The van der Waals surface area contributed by atoms with Crippen molar-refractivity contribution in [3.05, 3.63) is 42.9 Å². The lowest BCUT2D eigenvalue weighted by Gasteiger charge is -2.00. The Labute approximate surface area is 87.9 Å². The van der Waals surface area contributed by atoms with Gasteiger partial charge in [0.2, 0.25) is 5.71 Å². The van der Waals surface area contributed by atoms with Crippen molar-refractivity contribution in [2.75, 3.05) is 0 Å². The third kappa shape index (κ3) is 1.30. The lowest BCUT2D eigenvalue weighted by Crippen LogP contribution is -2.23. The van der Waals surface area contributed by atoms with E-state index in [0.29, 0.717) is 5.56 Å². The Kier molecular flexibility index (Phi) is 1.68. The topological polar surface area (TPSA) is 95.9 Å². The van der Waals surface area contributed by atoms with E-state index in [-0.39, 0.29) is 17.0 Å². The number of fused-ring (bicyclic) bond motifs is 1. The zero-order valence-corrected chi connectivity index (χ0v) is 8.20. The molecule has 82 valence electrons. The Morgan fingerprint density at radius 1 is 1.19 bits per heavy atom. The van der Waals surface area contributed by atoms with Crippen molar-refractivity contribution < 1.29 is 4.42 Å². The third-order valence-corrected chi connectivity index (χ3v) is 2.69. The first-order valence-corrected chi connectivity index (χ1v) is 4.95. The number of hydrogen-bond acceptors (Lipinski definition) is 4. The molecule has 0 bridgehead atoms. The van der Waals surface area contributed by atoms with Gasteiger partial charge in [-0.05, 0) is 24.3 Å². The van der Waals surface area contributed by atoms with Crippen molar-refractivity contribution in [1.29, 1.82) is 0 Å². The third-order valence-electron chi connectivity index (χ3n) is 2.69. The summed E-state index contributed by atoms with van der Waals surface area (Å²) in [6, 6.07) is 1.33. The quantitative estimate of drug-likeness (QED) is 0.709. The Morgan fingerprint density at radius 2 is 1.94 bits per heavy atom. The fourth-order valence-electron chi connectivity index (χ4n) is 1.85. The molecule has 2 N–H and O–H groups in total. The predicted molar refractivity (Wildman–Crippen MR) is 55.7 cm³/mol. The molecule has 0 amide bonds. The van der Waals surface area contributed by atoms with E-state index in [1.54, 1.807) is 0 Å². The predicted octanol–water partition coefficient (Wildman–Crippen LogP) is 0.0470. The average molecular weight is 220 g/mol. The van der Waals surface area contributed by atoms with Crippen molar-refractivity contribution >= 4 is 11.1 Å². The summed E-state index contributed by atoms with van der Waals surface area (Å²) < 4.78 is 4.81. The molecular formula is C10H8N2O4. The van der Waals surface area contributed by atoms with Crippen molar-refractivity contribution in [2.45, 2.75) is 18.8 Å². The van der Waals surface area contributed by atoms with Crippen LogP contribution in [0.15, 0.2) is 24.9 Å². The standard InChI is InChI=1S/C10H8N2O4/c13-6-3-5(4-1-2-4)7-8(14)11-10(15)12-9(7)16-6/h3-4H,1-2H2,(H2,11,12,14,15). The van der Waals surface area contributed by atoms with Crippen LogP contribution in [0, 0.1) is 0 Å². The van der Waals surface area contributed by atoms with Gasteiger partial charge in [0.05, 0.1) is 0 Å². The maximum atomic E-state index is 11.6. The van der Waals surface area contributed by atoms with Gasteiger partial charge in [0, 0.05) is 6.07 Å². The molecular weight excluding hydrogens is 212 g/mol. The van der Waals surface area contributed by atoms with Gasteiger partial charge in [0.25, 0.3) is 5.56 Å². The van der Waals surface area contributed by atoms with Crippen LogP contribution in [-0.4, -0.2) is 9.97 Å². The Bertz CT molecular complexity index is 728. The maximum absolute atomic E-state index is 11.6. The molecule has 2 heterocycles. The molecule has 2 aromatic heterocycles. The largest absolute Gasteiger partial charge is 0.405 e. The second-order valence-corrected chi connectivity index (χ2v) is 3.91. The first kappa shape index (κ1) is 9.14. The molecule has 0 aliphatic heterocycles. The van der Waals surface area contributed by atoms with Crippen LogP contribution in [0.25, 0.3) is 11.1 Å². The van der Waals surface area contributed by atoms with Gasteiger partial charge in [-0.15, -0.1) is 0 Å². The Balaban J connectivity index is 2.54. The minimum Gasteiger partial charge on any atom is -0.405 e. The highest BCUT2D eigenvalue weighted by Crippen LogP contribution is 2.41. The van der Waals surface area contributed by atoms with Crippen molar-refractivity contribution in [2.24, 2.45) is 0 Å². The molecule has 0 aromatic carbocycles. The van der Waals surface area contributed by atoms with Gasteiger partial charge in [0.1, 0.15) is 5.39 Å². The highest BCUT2D eigenvalue weighted by molar-refractivity contribution is 5.76. The summed E-state index contributed by atoms with van der Waals surface area (Å²) >= 11 is 0. The maximum Gasteiger partial charge on any atom is 0.337 e. The monoisotopic (exact) mass is 220 g/mol. The van der Waals surface area contributed by atoms with Crippen LogP contribution < -0.4 is 16.9 Å². The molecule has 16 heavy (non-hydrogen) atoms. The molecule has 2 aromatic rings. The van der Waals surface area contributed by atoms with E-state index in [0.717, 1.165) is 12.8 Å². The molecule has 0 atom stereocenters. The summed E-state index contributed by atoms with van der Waals surface area (Å²) in [5.74, 6) is 0.235. The number of aromatic amines is 2. The van der Waals surface area contributed by atoms with Crippen molar-refractivity contribution in [1.82, 2.24) is 9.97 Å². The fourth-order valence-corrected chi connectivity index (χ4v) is 1.85. The summed E-state index contributed by atoms with van der Waals surface area (Å²) in [4.78, 5) is 38.4. The van der Waals surface area contributed by atoms with Crippen LogP contribution in [0.3, 0.4) is 0 Å². The summed E-state index contributed by atoms with van der Waals surface area (Å²) in [5.41, 5.74) is -1.10. The second-order valence-electron chi connectivity index (χ2n) is 3.91. The molecule has 0 unspecified atom stereocenters. The molecule has 1 fully saturated rings. The average Bonchev–Trinajstić information content (AvgIpc) is 2.97. The Morgan fingerprint density at radius 3 is 2.62 bits per heavy atom. The fraction of sp³-hybridized carbons (Fsp3) is 0.300. The lowest BCUT2D eigenvalue weighted by molar-refractivity contribution is 0.544. The SMILES string of the molecule is O=c1[nH]c(=O)c2c(C3CC3)cc(=O)oc2[nH]1. The van der Waals surface area contributed by atoms with Gasteiger partial charge < -0.3 is 4.42 Å². The second kappa shape index (κ2) is 2.94. The molecule has 0 radical (unpaired) electrons. The summed E-state index contributed by atoms with van der Waals surface area (Å²) in [6.45, 7) is 0. The number of hydrogen-bond donors (Lipinski definition) is 2. The molecule has 6 nitrogen and oxygen atoms in total. The highest BCUT2D eigenvalue weighted by atomic mass is 16.4. The number of rotatable bonds is 1. The van der Waals surface area contributed by atoms with Crippen LogP contribution in [0.1, 0.15) is 24.3 Å². The molecule has 0 saturated heterocycles. The molecule has 1 aliphatic carbocycles. The molecule has 1 saturated carbocycles. The van der Waals surface area contributed by atoms with Gasteiger partial charge in [-0.1, -0.05) is 0 Å². The first-order chi connectivity index (χ1) is 7.65. The van der Waals surface area contributed by atoms with E-state index in [9.17, 15) is 14.4 Å². The van der Waals surface area contributed by atoms with Gasteiger partial charge in [-0.3, -0.25) is 14.8 Å². The minimum atomic E-state index is -0.673. The van der Waals surface area contributed by atoms with E-state index < -0.39 is 16.9 Å². The zero-order valence-electron chi connectivity index (χ0n) is 8.20. The van der Waals surface area contributed by atoms with Crippen LogP contribution in [0.2, 0.25) is 0 Å². The van der Waals surface area contributed by atoms with E-state index in [1.807, 2.05) is 0 Å². The van der Waals surface area contributed by atoms with Crippen molar-refractivity contribution in [3.8, 4) is 0 Å². The molecule has 3 rings (SSSR count). The van der Waals surface area contributed by atoms with Gasteiger partial charge in [-0.2, -0.15) is 0 Å². The van der Waals surface area contributed by atoms with E-state index in [1.165, 1.54) is 6.07 Å². The van der Waals surface area contributed by atoms with Crippen LogP contribution >= 0.6 is 0 Å². The van der Waals surface area contributed by atoms with Crippen LogP contribution in [0.4, 0.5) is 0 Å². The molecule has 0 spiro atoms. The first-order valence-electron chi connectivity index (χ1n) is 4.95.